The number of nitrogens with zero attached hydrogens (tertiary/aromatic N) is 5. The molecule has 4 fully saturated rings. The quantitative estimate of drug-likeness (QED) is 0.822. The lowest BCUT2D eigenvalue weighted by molar-refractivity contribution is -0.131. The van der Waals surface area contributed by atoms with E-state index in [-0.39, 0.29) is 5.54 Å². The van der Waals surface area contributed by atoms with Gasteiger partial charge in [-0.1, -0.05) is 26.0 Å². The van der Waals surface area contributed by atoms with E-state index >= 15 is 0 Å². The zero-order chi connectivity index (χ0) is 18.8. The molecule has 0 spiro atoms. The Hall–Kier alpha value is -1.75. The number of tetrazole rings is 1. The van der Waals surface area contributed by atoms with E-state index in [1.807, 2.05) is 4.68 Å². The summed E-state index contributed by atoms with van der Waals surface area (Å²) < 4.78 is 2.02. The maximum Gasteiger partial charge on any atom is 0.177 e. The summed E-state index contributed by atoms with van der Waals surface area (Å²) in [7, 11) is 4.48. The number of hydrogen-bond acceptors (Lipinski definition) is 4. The first kappa shape index (κ1) is 17.4. The molecule has 27 heavy (non-hydrogen) atoms. The predicted octanol–water partition coefficient (Wildman–Crippen LogP) is 4.00. The fourth-order valence-corrected chi connectivity index (χ4v) is 6.81. The molecule has 144 valence electrons. The van der Waals surface area contributed by atoms with Gasteiger partial charge in [-0.25, -0.2) is 0 Å². The Bertz CT molecular complexity index is 791. The van der Waals surface area contributed by atoms with E-state index in [1.54, 1.807) is 0 Å². The van der Waals surface area contributed by atoms with Crippen LogP contribution in [0.5, 0.6) is 0 Å². The number of rotatable bonds is 4. The third-order valence-electron chi connectivity index (χ3n) is 7.75. The van der Waals surface area contributed by atoms with E-state index in [4.69, 9.17) is 0 Å². The van der Waals surface area contributed by atoms with Crippen LogP contribution in [-0.2, 0) is 5.54 Å². The van der Waals surface area contributed by atoms with Crippen LogP contribution in [0.2, 0.25) is 0 Å². The van der Waals surface area contributed by atoms with Crippen molar-refractivity contribution in [3.63, 3.8) is 0 Å². The van der Waals surface area contributed by atoms with Crippen LogP contribution in [0.15, 0.2) is 24.3 Å². The molecule has 0 radical (unpaired) electrons. The first-order valence-corrected chi connectivity index (χ1v) is 10.6. The lowest BCUT2D eigenvalue weighted by atomic mass is 9.48. The van der Waals surface area contributed by atoms with Gasteiger partial charge in [-0.2, -0.15) is 4.68 Å². The van der Waals surface area contributed by atoms with Gasteiger partial charge in [-0.05, 0) is 104 Å². The van der Waals surface area contributed by atoms with E-state index < -0.39 is 0 Å². The Kier molecular flexibility index (Phi) is 3.94. The molecule has 1 aromatic heterocycles. The summed E-state index contributed by atoms with van der Waals surface area (Å²) in [5.74, 6) is 4.78. The van der Waals surface area contributed by atoms with Crippen molar-refractivity contribution in [2.45, 2.75) is 57.4 Å². The molecule has 6 rings (SSSR count). The molecule has 0 unspecified atom stereocenters. The Morgan fingerprint density at radius 1 is 0.963 bits per heavy atom. The van der Waals surface area contributed by atoms with Gasteiger partial charge >= 0.3 is 0 Å². The lowest BCUT2D eigenvalue weighted by Gasteiger charge is -2.62. The second-order valence-corrected chi connectivity index (χ2v) is 9.68. The summed E-state index contributed by atoms with van der Waals surface area (Å²) >= 11 is 0. The molecular formula is C22H31N5. The molecule has 0 aliphatic heterocycles. The summed E-state index contributed by atoms with van der Waals surface area (Å²) in [5.41, 5.74) is 2.40. The molecule has 2 aromatic rings. The molecule has 4 saturated carbocycles. The molecule has 5 nitrogen and oxygen atoms in total. The Labute approximate surface area is 162 Å². The van der Waals surface area contributed by atoms with Gasteiger partial charge in [0.05, 0.1) is 11.2 Å². The van der Waals surface area contributed by atoms with Crippen molar-refractivity contribution < 1.29 is 0 Å². The molecule has 1 aromatic carbocycles. The van der Waals surface area contributed by atoms with Crippen LogP contribution in [0, 0.1) is 23.7 Å². The molecule has 4 bridgehead atoms. The second kappa shape index (κ2) is 6.13. The number of benzene rings is 1. The van der Waals surface area contributed by atoms with Crippen molar-refractivity contribution >= 4 is 0 Å². The Balaban J connectivity index is 1.61. The molecule has 4 aliphatic rings. The van der Waals surface area contributed by atoms with Gasteiger partial charge in [-0.3, -0.25) is 4.90 Å². The van der Waals surface area contributed by atoms with Crippen molar-refractivity contribution in [3.8, 4) is 5.69 Å². The summed E-state index contributed by atoms with van der Waals surface area (Å²) in [5, 5.41) is 13.3. The smallest absolute Gasteiger partial charge is 0.177 e. The molecule has 0 atom stereocenters. The van der Waals surface area contributed by atoms with Crippen LogP contribution in [0.1, 0.15) is 63.3 Å². The third kappa shape index (κ3) is 2.43. The molecule has 0 N–H and O–H groups in total. The van der Waals surface area contributed by atoms with Crippen LogP contribution in [-0.4, -0.2) is 39.2 Å². The third-order valence-corrected chi connectivity index (χ3v) is 7.75. The summed E-state index contributed by atoms with van der Waals surface area (Å²) in [6, 6.07) is 8.78. The first-order chi connectivity index (χ1) is 13.0. The van der Waals surface area contributed by atoms with Gasteiger partial charge < -0.3 is 0 Å². The second-order valence-electron chi connectivity index (χ2n) is 9.68. The standard InChI is InChI=1S/C22H31N5/c1-14(2)17-5-7-20(8-6-17)27-21(23-24-25-27)22(26(3)4)18-10-15-9-16(12-18)13-19(22)11-15/h5-8,14-16,18-19H,9-13H2,1-4H3. The zero-order valence-electron chi connectivity index (χ0n) is 17.0. The van der Waals surface area contributed by atoms with Gasteiger partial charge in [0.1, 0.15) is 0 Å². The highest BCUT2D eigenvalue weighted by Gasteiger charge is 2.61. The summed E-state index contributed by atoms with van der Waals surface area (Å²) in [6.07, 6.45) is 6.81. The maximum absolute atomic E-state index is 4.65. The highest BCUT2D eigenvalue weighted by atomic mass is 15.6. The minimum absolute atomic E-state index is 0.0341. The van der Waals surface area contributed by atoms with E-state index in [0.717, 1.165) is 23.3 Å². The zero-order valence-corrected chi connectivity index (χ0v) is 17.0. The van der Waals surface area contributed by atoms with Crippen LogP contribution in [0.4, 0.5) is 0 Å². The average molecular weight is 366 g/mol. The number of aromatic nitrogens is 4. The van der Waals surface area contributed by atoms with E-state index in [9.17, 15) is 0 Å². The molecule has 4 aliphatic carbocycles. The highest BCUT2D eigenvalue weighted by molar-refractivity contribution is 5.37. The summed E-state index contributed by atoms with van der Waals surface area (Å²) in [6.45, 7) is 4.46. The van der Waals surface area contributed by atoms with Crippen molar-refractivity contribution in [1.82, 2.24) is 25.1 Å². The molecule has 0 amide bonds. The van der Waals surface area contributed by atoms with Gasteiger partial charge in [0.2, 0.25) is 0 Å². The van der Waals surface area contributed by atoms with Gasteiger partial charge in [0.25, 0.3) is 0 Å². The monoisotopic (exact) mass is 365 g/mol. The number of hydrogen-bond donors (Lipinski definition) is 0. The normalized spacial score (nSPS) is 34.7. The molecule has 1 heterocycles. The first-order valence-electron chi connectivity index (χ1n) is 10.6. The highest BCUT2D eigenvalue weighted by Crippen LogP contribution is 2.63. The molecular weight excluding hydrogens is 334 g/mol. The van der Waals surface area contributed by atoms with Crippen LogP contribution >= 0.6 is 0 Å². The van der Waals surface area contributed by atoms with E-state index in [0.29, 0.717) is 17.8 Å². The lowest BCUT2D eigenvalue weighted by Crippen LogP contribution is -2.63. The largest absolute Gasteiger partial charge is 0.297 e. The van der Waals surface area contributed by atoms with Crippen molar-refractivity contribution in [2.75, 3.05) is 14.1 Å². The van der Waals surface area contributed by atoms with Crippen LogP contribution in [0.25, 0.3) is 5.69 Å². The summed E-state index contributed by atoms with van der Waals surface area (Å²) in [4.78, 5) is 2.45. The SMILES string of the molecule is CC(C)c1ccc(-n2nnnc2C2(N(C)C)C3CC4CC(C3)CC2C4)cc1. The van der Waals surface area contributed by atoms with Crippen LogP contribution in [0.3, 0.4) is 0 Å². The Morgan fingerprint density at radius 3 is 2.07 bits per heavy atom. The van der Waals surface area contributed by atoms with Gasteiger partial charge in [-0.15, -0.1) is 5.10 Å². The van der Waals surface area contributed by atoms with Crippen molar-refractivity contribution in [2.24, 2.45) is 23.7 Å². The fraction of sp³-hybridized carbons (Fsp3) is 0.682. The van der Waals surface area contributed by atoms with Gasteiger partial charge in [0, 0.05) is 0 Å². The average Bonchev–Trinajstić information content (AvgIpc) is 3.11. The van der Waals surface area contributed by atoms with Crippen LogP contribution < -0.4 is 0 Å². The van der Waals surface area contributed by atoms with Crippen molar-refractivity contribution in [1.29, 1.82) is 0 Å². The molecule has 0 saturated heterocycles. The fourth-order valence-electron chi connectivity index (χ4n) is 6.81. The predicted molar refractivity (Wildman–Crippen MR) is 106 cm³/mol. The molecule has 5 heteroatoms. The minimum Gasteiger partial charge on any atom is -0.297 e. The van der Waals surface area contributed by atoms with Crippen molar-refractivity contribution in [3.05, 3.63) is 35.7 Å². The van der Waals surface area contributed by atoms with E-state index in [2.05, 4.69) is 72.6 Å². The maximum atomic E-state index is 4.65. The topological polar surface area (TPSA) is 46.8 Å². The van der Waals surface area contributed by atoms with E-state index in [1.165, 1.54) is 37.7 Å². The van der Waals surface area contributed by atoms with Gasteiger partial charge in [0.15, 0.2) is 5.82 Å². The minimum atomic E-state index is -0.0341. The Morgan fingerprint density at radius 2 is 1.56 bits per heavy atom.